The first kappa shape index (κ1) is 24.1. The van der Waals surface area contributed by atoms with Gasteiger partial charge in [0.25, 0.3) is 5.91 Å². The summed E-state index contributed by atoms with van der Waals surface area (Å²) in [4.78, 5) is 26.8. The van der Waals surface area contributed by atoms with E-state index in [2.05, 4.69) is 0 Å². The van der Waals surface area contributed by atoms with E-state index in [1.54, 1.807) is 0 Å². The summed E-state index contributed by atoms with van der Waals surface area (Å²) in [5.74, 6) is -0.291. The lowest BCUT2D eigenvalue weighted by molar-refractivity contribution is -0.195. The number of hydrogen-bond donors (Lipinski definition) is 0. The Bertz CT molecular complexity index is 1080. The van der Waals surface area contributed by atoms with E-state index in [0.717, 1.165) is 34.1 Å². The van der Waals surface area contributed by atoms with Crippen molar-refractivity contribution in [3.05, 3.63) is 64.7 Å². The van der Waals surface area contributed by atoms with Gasteiger partial charge in [-0.25, -0.2) is 0 Å². The van der Waals surface area contributed by atoms with Crippen LogP contribution in [0.4, 0.5) is 26.3 Å². The maximum absolute atomic E-state index is 13.8. The highest BCUT2D eigenvalue weighted by atomic mass is 19.4. The Labute approximate surface area is 190 Å². The number of Topliss-reactive ketones (excluding diaryl/α,β-unsaturated/α-hetero) is 1. The number of benzene rings is 2. The molecule has 182 valence electrons. The number of piperazine rings is 1. The van der Waals surface area contributed by atoms with Crippen molar-refractivity contribution < 1.29 is 40.7 Å². The number of nitrogens with zero attached hydrogens (tertiary/aromatic N) is 2. The van der Waals surface area contributed by atoms with Crippen LogP contribution >= 0.6 is 0 Å². The minimum absolute atomic E-state index is 0.0125. The van der Waals surface area contributed by atoms with E-state index >= 15 is 0 Å². The average Bonchev–Trinajstić information content (AvgIpc) is 2.77. The second-order valence-electron chi connectivity index (χ2n) is 8.30. The Morgan fingerprint density at radius 3 is 2.35 bits per heavy atom. The van der Waals surface area contributed by atoms with Crippen molar-refractivity contribution in [3.8, 4) is 5.75 Å². The summed E-state index contributed by atoms with van der Waals surface area (Å²) in [5, 5.41) is 0. The molecular weight excluding hydrogens is 466 g/mol. The monoisotopic (exact) mass is 486 g/mol. The number of rotatable bonds is 3. The van der Waals surface area contributed by atoms with Crippen LogP contribution in [0.2, 0.25) is 0 Å². The molecule has 0 spiro atoms. The molecule has 0 aromatic heterocycles. The van der Waals surface area contributed by atoms with Crippen LogP contribution < -0.4 is 4.74 Å². The van der Waals surface area contributed by atoms with E-state index in [-0.39, 0.29) is 44.0 Å². The number of fused-ring (bicyclic) bond motifs is 1. The smallest absolute Gasteiger partial charge is 0.416 e. The summed E-state index contributed by atoms with van der Waals surface area (Å²) in [5.41, 5.74) is 0.0992. The molecule has 1 amide bonds. The fourth-order valence-corrected chi connectivity index (χ4v) is 4.13. The van der Waals surface area contributed by atoms with Crippen LogP contribution in [0.3, 0.4) is 0 Å². The van der Waals surface area contributed by atoms with E-state index in [1.807, 2.05) is 0 Å². The first-order valence-corrected chi connectivity index (χ1v) is 10.5. The molecule has 4 rings (SSSR count). The van der Waals surface area contributed by atoms with Crippen molar-refractivity contribution in [1.82, 2.24) is 9.80 Å². The third kappa shape index (κ3) is 5.19. The van der Waals surface area contributed by atoms with Gasteiger partial charge in [-0.15, -0.1) is 0 Å². The molecule has 1 atom stereocenters. The SMILES string of the molecule is O=C1COc2ccc(C(=O)N3CCN(Cc4ccc(C(F)(F)F)cc4)C(C(F)(F)F)C3)cc2C1. The van der Waals surface area contributed by atoms with Crippen molar-refractivity contribution in [2.75, 3.05) is 26.2 Å². The van der Waals surface area contributed by atoms with Gasteiger partial charge in [-0.3, -0.25) is 14.5 Å². The summed E-state index contributed by atoms with van der Waals surface area (Å²) in [6.07, 6.45) is -9.10. The average molecular weight is 486 g/mol. The number of hydrogen-bond acceptors (Lipinski definition) is 4. The van der Waals surface area contributed by atoms with E-state index in [9.17, 15) is 35.9 Å². The Hall–Kier alpha value is -3.08. The highest BCUT2D eigenvalue weighted by Gasteiger charge is 2.47. The Morgan fingerprint density at radius 1 is 1.00 bits per heavy atom. The van der Waals surface area contributed by atoms with Gasteiger partial charge in [0.2, 0.25) is 0 Å². The third-order valence-electron chi connectivity index (χ3n) is 5.91. The predicted octanol–water partition coefficient (Wildman–Crippen LogP) is 4.10. The molecule has 34 heavy (non-hydrogen) atoms. The summed E-state index contributed by atoms with van der Waals surface area (Å²) in [6.45, 7) is -0.978. The van der Waals surface area contributed by atoms with Gasteiger partial charge in [-0.2, -0.15) is 26.3 Å². The summed E-state index contributed by atoms with van der Waals surface area (Å²) < 4.78 is 85.0. The molecule has 0 aliphatic carbocycles. The van der Waals surface area contributed by atoms with Gasteiger partial charge in [0, 0.05) is 43.7 Å². The van der Waals surface area contributed by atoms with Crippen molar-refractivity contribution in [3.63, 3.8) is 0 Å². The molecule has 1 fully saturated rings. The lowest BCUT2D eigenvalue weighted by Crippen LogP contribution is -2.59. The quantitative estimate of drug-likeness (QED) is 0.614. The zero-order chi connectivity index (χ0) is 24.7. The van der Waals surface area contributed by atoms with Gasteiger partial charge >= 0.3 is 12.4 Å². The van der Waals surface area contributed by atoms with E-state index in [0.29, 0.717) is 16.9 Å². The fourth-order valence-electron chi connectivity index (χ4n) is 4.13. The van der Waals surface area contributed by atoms with Gasteiger partial charge in [-0.05, 0) is 35.9 Å². The van der Waals surface area contributed by atoms with Crippen LogP contribution in [0.5, 0.6) is 5.75 Å². The molecule has 1 unspecified atom stereocenters. The molecule has 0 radical (unpaired) electrons. The molecule has 2 aromatic rings. The zero-order valence-electron chi connectivity index (χ0n) is 17.7. The topological polar surface area (TPSA) is 49.9 Å². The van der Waals surface area contributed by atoms with Crippen LogP contribution in [0.1, 0.15) is 27.0 Å². The Kier molecular flexibility index (Phi) is 6.32. The predicted molar refractivity (Wildman–Crippen MR) is 108 cm³/mol. The van der Waals surface area contributed by atoms with Crippen molar-refractivity contribution >= 4 is 11.7 Å². The largest absolute Gasteiger partial charge is 0.486 e. The van der Waals surface area contributed by atoms with Gasteiger partial charge < -0.3 is 9.64 Å². The van der Waals surface area contributed by atoms with Gasteiger partial charge in [-0.1, -0.05) is 12.1 Å². The molecular formula is C23H20F6N2O3. The van der Waals surface area contributed by atoms with Crippen LogP contribution in [0.25, 0.3) is 0 Å². The Balaban J connectivity index is 1.49. The molecule has 2 aromatic carbocycles. The van der Waals surface area contributed by atoms with Crippen molar-refractivity contribution in [2.45, 2.75) is 31.4 Å². The number of carbonyl (C=O) groups excluding carboxylic acids is 2. The second kappa shape index (κ2) is 8.94. The maximum atomic E-state index is 13.8. The van der Waals surface area contributed by atoms with E-state index in [4.69, 9.17) is 4.74 Å². The zero-order valence-corrected chi connectivity index (χ0v) is 17.7. The molecule has 11 heteroatoms. The summed E-state index contributed by atoms with van der Waals surface area (Å²) >= 11 is 0. The highest BCUT2D eigenvalue weighted by Crippen LogP contribution is 2.32. The number of amides is 1. The van der Waals surface area contributed by atoms with Crippen LogP contribution in [0.15, 0.2) is 42.5 Å². The molecule has 2 heterocycles. The first-order valence-electron chi connectivity index (χ1n) is 10.5. The highest BCUT2D eigenvalue weighted by molar-refractivity contribution is 5.95. The number of ketones is 1. The van der Waals surface area contributed by atoms with Gasteiger partial charge in [0.15, 0.2) is 5.78 Å². The standard InChI is InChI=1S/C23H20F6N2O3/c24-22(25,26)17-4-1-14(2-5-17)11-30-7-8-31(12-20(30)23(27,28)29)21(33)15-3-6-19-16(9-15)10-18(32)13-34-19/h1-6,9,20H,7-8,10-13H2. The second-order valence-corrected chi connectivity index (χ2v) is 8.30. The van der Waals surface area contributed by atoms with E-state index in [1.165, 1.54) is 18.2 Å². The fraction of sp³-hybridized carbons (Fsp3) is 0.391. The summed E-state index contributed by atoms with van der Waals surface area (Å²) in [7, 11) is 0. The molecule has 0 bridgehead atoms. The molecule has 1 saturated heterocycles. The van der Waals surface area contributed by atoms with Gasteiger partial charge in [0.05, 0.1) is 5.56 Å². The third-order valence-corrected chi connectivity index (χ3v) is 5.91. The first-order chi connectivity index (χ1) is 15.9. The van der Waals surface area contributed by atoms with Crippen molar-refractivity contribution in [2.24, 2.45) is 0 Å². The molecule has 2 aliphatic heterocycles. The molecule has 0 saturated carbocycles. The van der Waals surface area contributed by atoms with E-state index < -0.39 is 36.4 Å². The lowest BCUT2D eigenvalue weighted by atomic mass is 10.0. The minimum atomic E-state index is -4.65. The number of carbonyl (C=O) groups is 2. The van der Waals surface area contributed by atoms with Crippen LogP contribution in [0, 0.1) is 0 Å². The van der Waals surface area contributed by atoms with Gasteiger partial charge in [0.1, 0.15) is 18.4 Å². The summed E-state index contributed by atoms with van der Waals surface area (Å²) in [6, 6.07) is 6.45. The normalized spacial score (nSPS) is 19.5. The molecule has 0 N–H and O–H groups in total. The Morgan fingerprint density at radius 2 is 1.71 bits per heavy atom. The minimum Gasteiger partial charge on any atom is -0.486 e. The maximum Gasteiger partial charge on any atom is 0.416 e. The number of halogens is 6. The van der Waals surface area contributed by atoms with Crippen molar-refractivity contribution in [1.29, 1.82) is 0 Å². The van der Waals surface area contributed by atoms with Crippen LogP contribution in [-0.2, 0) is 23.9 Å². The molecule has 2 aliphatic rings. The lowest BCUT2D eigenvalue weighted by Gasteiger charge is -2.42. The number of ether oxygens (including phenoxy) is 1. The number of alkyl halides is 6. The van der Waals surface area contributed by atoms with Crippen LogP contribution in [-0.4, -0.2) is 59.9 Å². The molecule has 5 nitrogen and oxygen atoms in total.